The van der Waals surface area contributed by atoms with Gasteiger partial charge in [-0.25, -0.2) is 0 Å². The standard InChI is InChI=1S/C13H12N2O4/c1-2-18-12(16)7-9-13-8-5-6-15(17)10(8)3-4-11(13)19-14-9/h3-6,17H,2,7H2,1H3. The molecule has 3 rings (SSSR count). The molecule has 0 atom stereocenters. The lowest BCUT2D eigenvalue weighted by atomic mass is 10.1. The zero-order valence-electron chi connectivity index (χ0n) is 10.3. The highest BCUT2D eigenvalue weighted by Gasteiger charge is 2.16. The highest BCUT2D eigenvalue weighted by atomic mass is 16.5. The second-order valence-electron chi connectivity index (χ2n) is 4.14. The van der Waals surface area contributed by atoms with E-state index in [0.29, 0.717) is 23.4 Å². The Morgan fingerprint density at radius 3 is 3.11 bits per heavy atom. The van der Waals surface area contributed by atoms with Crippen molar-refractivity contribution >= 4 is 27.8 Å². The van der Waals surface area contributed by atoms with E-state index >= 15 is 0 Å². The van der Waals surface area contributed by atoms with Crippen LogP contribution in [-0.2, 0) is 16.0 Å². The first-order chi connectivity index (χ1) is 9.20. The van der Waals surface area contributed by atoms with Crippen molar-refractivity contribution in [3.8, 4) is 0 Å². The summed E-state index contributed by atoms with van der Waals surface area (Å²) in [6, 6.07) is 5.20. The van der Waals surface area contributed by atoms with E-state index in [9.17, 15) is 10.0 Å². The number of hydrogen-bond acceptors (Lipinski definition) is 5. The molecule has 0 saturated heterocycles. The van der Waals surface area contributed by atoms with Crippen molar-refractivity contribution in [2.75, 3.05) is 6.61 Å². The van der Waals surface area contributed by atoms with E-state index < -0.39 is 0 Å². The zero-order chi connectivity index (χ0) is 13.4. The predicted octanol–water partition coefficient (Wildman–Crippen LogP) is 2.13. The van der Waals surface area contributed by atoms with Crippen molar-refractivity contribution in [3.05, 3.63) is 30.1 Å². The van der Waals surface area contributed by atoms with Crippen molar-refractivity contribution in [1.29, 1.82) is 0 Å². The van der Waals surface area contributed by atoms with Gasteiger partial charge in [0.1, 0.15) is 5.69 Å². The summed E-state index contributed by atoms with van der Waals surface area (Å²) in [5, 5.41) is 15.1. The Morgan fingerprint density at radius 1 is 1.47 bits per heavy atom. The SMILES string of the molecule is CCOC(=O)Cc1noc2ccc3c(ccn3O)c12. The Kier molecular flexibility index (Phi) is 2.63. The fourth-order valence-corrected chi connectivity index (χ4v) is 2.18. The lowest BCUT2D eigenvalue weighted by molar-refractivity contribution is -0.142. The van der Waals surface area contributed by atoms with Crippen LogP contribution in [-0.4, -0.2) is 27.7 Å². The lowest BCUT2D eigenvalue weighted by Gasteiger charge is -1.99. The number of carbonyl (C=O) groups excluding carboxylic acids is 1. The van der Waals surface area contributed by atoms with Crippen LogP contribution < -0.4 is 0 Å². The van der Waals surface area contributed by atoms with Gasteiger partial charge < -0.3 is 14.5 Å². The molecule has 6 heteroatoms. The third-order valence-corrected chi connectivity index (χ3v) is 2.97. The van der Waals surface area contributed by atoms with E-state index in [0.717, 1.165) is 15.5 Å². The Bertz CT molecular complexity index is 757. The monoisotopic (exact) mass is 260 g/mol. The normalized spacial score (nSPS) is 11.2. The molecular formula is C13H12N2O4. The van der Waals surface area contributed by atoms with Gasteiger partial charge in [0.15, 0.2) is 5.58 Å². The molecule has 0 aliphatic carbocycles. The maximum absolute atomic E-state index is 11.5. The summed E-state index contributed by atoms with van der Waals surface area (Å²) in [5.41, 5.74) is 1.74. The maximum Gasteiger partial charge on any atom is 0.312 e. The minimum Gasteiger partial charge on any atom is -0.466 e. The van der Waals surface area contributed by atoms with Crippen LogP contribution in [0.5, 0.6) is 0 Å². The minimum atomic E-state index is -0.349. The van der Waals surface area contributed by atoms with Crippen LogP contribution in [0.3, 0.4) is 0 Å². The van der Waals surface area contributed by atoms with Crippen LogP contribution in [0.2, 0.25) is 0 Å². The van der Waals surface area contributed by atoms with Crippen LogP contribution in [0.15, 0.2) is 28.9 Å². The third kappa shape index (κ3) is 1.81. The Labute approximate surface area is 108 Å². The summed E-state index contributed by atoms with van der Waals surface area (Å²) in [6.07, 6.45) is 1.59. The highest BCUT2D eigenvalue weighted by molar-refractivity contribution is 6.06. The smallest absolute Gasteiger partial charge is 0.312 e. The Balaban J connectivity index is 2.15. The molecule has 0 spiro atoms. The summed E-state index contributed by atoms with van der Waals surface area (Å²) in [5.74, 6) is -0.349. The van der Waals surface area contributed by atoms with Crippen molar-refractivity contribution in [2.45, 2.75) is 13.3 Å². The average Bonchev–Trinajstić information content (AvgIpc) is 2.94. The van der Waals surface area contributed by atoms with Crippen LogP contribution in [0.25, 0.3) is 21.9 Å². The molecule has 1 N–H and O–H groups in total. The molecule has 1 aromatic carbocycles. The number of rotatable bonds is 3. The summed E-state index contributed by atoms with van der Waals surface area (Å²) >= 11 is 0. The van der Waals surface area contributed by atoms with E-state index in [2.05, 4.69) is 5.16 Å². The van der Waals surface area contributed by atoms with Gasteiger partial charge in [-0.05, 0) is 25.1 Å². The molecule has 0 aliphatic heterocycles. The summed E-state index contributed by atoms with van der Waals surface area (Å²) in [6.45, 7) is 2.08. The van der Waals surface area contributed by atoms with Gasteiger partial charge in [0.2, 0.25) is 0 Å². The fraction of sp³-hybridized carbons (Fsp3) is 0.231. The van der Waals surface area contributed by atoms with E-state index in [1.54, 1.807) is 25.1 Å². The summed E-state index contributed by atoms with van der Waals surface area (Å²) < 4.78 is 11.1. The molecule has 2 aromatic heterocycles. The number of ether oxygens (including phenoxy) is 1. The molecule has 3 aromatic rings. The van der Waals surface area contributed by atoms with Crippen molar-refractivity contribution in [1.82, 2.24) is 9.89 Å². The van der Waals surface area contributed by atoms with Crippen molar-refractivity contribution < 1.29 is 19.3 Å². The number of nitrogens with zero attached hydrogens (tertiary/aromatic N) is 2. The molecule has 6 nitrogen and oxygen atoms in total. The van der Waals surface area contributed by atoms with Gasteiger partial charge in [-0.15, -0.1) is 0 Å². The van der Waals surface area contributed by atoms with Crippen LogP contribution in [0.1, 0.15) is 12.6 Å². The largest absolute Gasteiger partial charge is 0.466 e. The quantitative estimate of drug-likeness (QED) is 0.576. The molecule has 0 aliphatic rings. The number of fused-ring (bicyclic) bond motifs is 3. The number of aromatic nitrogens is 2. The van der Waals surface area contributed by atoms with Gasteiger partial charge in [-0.3, -0.25) is 4.79 Å². The van der Waals surface area contributed by atoms with Crippen LogP contribution >= 0.6 is 0 Å². The molecule has 0 fully saturated rings. The molecule has 0 amide bonds. The van der Waals surface area contributed by atoms with Gasteiger partial charge in [-0.2, -0.15) is 4.73 Å². The second-order valence-corrected chi connectivity index (χ2v) is 4.14. The van der Waals surface area contributed by atoms with Gasteiger partial charge in [-0.1, -0.05) is 5.16 Å². The lowest BCUT2D eigenvalue weighted by Crippen LogP contribution is -2.07. The molecule has 98 valence electrons. The second kappa shape index (κ2) is 4.31. The topological polar surface area (TPSA) is 77.5 Å². The van der Waals surface area contributed by atoms with Gasteiger partial charge >= 0.3 is 5.97 Å². The molecule has 0 bridgehead atoms. The van der Waals surface area contributed by atoms with Crippen LogP contribution in [0.4, 0.5) is 0 Å². The van der Waals surface area contributed by atoms with E-state index in [1.807, 2.05) is 0 Å². The van der Waals surface area contributed by atoms with E-state index in [1.165, 1.54) is 6.20 Å². The number of esters is 1. The van der Waals surface area contributed by atoms with Gasteiger partial charge in [0.05, 0.1) is 23.9 Å². The molecule has 2 heterocycles. The van der Waals surface area contributed by atoms with E-state index in [-0.39, 0.29) is 12.4 Å². The number of benzene rings is 1. The molecule has 0 radical (unpaired) electrons. The molecule has 0 unspecified atom stereocenters. The van der Waals surface area contributed by atoms with Crippen LogP contribution in [0, 0.1) is 0 Å². The Morgan fingerprint density at radius 2 is 2.32 bits per heavy atom. The molecular weight excluding hydrogens is 248 g/mol. The highest BCUT2D eigenvalue weighted by Crippen LogP contribution is 2.28. The number of hydrogen-bond donors (Lipinski definition) is 1. The fourth-order valence-electron chi connectivity index (χ4n) is 2.18. The minimum absolute atomic E-state index is 0.0521. The molecule has 19 heavy (non-hydrogen) atoms. The predicted molar refractivity (Wildman–Crippen MR) is 67.0 cm³/mol. The summed E-state index contributed by atoms with van der Waals surface area (Å²) in [7, 11) is 0. The van der Waals surface area contributed by atoms with E-state index in [4.69, 9.17) is 9.26 Å². The van der Waals surface area contributed by atoms with Crippen molar-refractivity contribution in [3.63, 3.8) is 0 Å². The summed E-state index contributed by atoms with van der Waals surface area (Å²) in [4.78, 5) is 11.5. The van der Waals surface area contributed by atoms with Gasteiger partial charge in [0, 0.05) is 11.6 Å². The van der Waals surface area contributed by atoms with Gasteiger partial charge in [0.25, 0.3) is 0 Å². The zero-order valence-corrected chi connectivity index (χ0v) is 10.3. The van der Waals surface area contributed by atoms with Crippen molar-refractivity contribution in [2.24, 2.45) is 0 Å². The Hall–Kier alpha value is -2.50. The first-order valence-corrected chi connectivity index (χ1v) is 5.94. The average molecular weight is 260 g/mol. The maximum atomic E-state index is 11.5. The molecule has 0 saturated carbocycles. The number of carbonyl (C=O) groups is 1. The first kappa shape index (κ1) is 11.6. The first-order valence-electron chi connectivity index (χ1n) is 5.94. The third-order valence-electron chi connectivity index (χ3n) is 2.97.